The van der Waals surface area contributed by atoms with Gasteiger partial charge in [0, 0.05) is 53.3 Å². The number of nitrogens with two attached hydrogens (primary N) is 1. The number of hydrogen-bond donors (Lipinski definition) is 1. The van der Waals surface area contributed by atoms with Crippen LogP contribution in [0.5, 0.6) is 6.01 Å². The fourth-order valence-corrected chi connectivity index (χ4v) is 7.03. The van der Waals surface area contributed by atoms with Crippen LogP contribution in [-0.4, -0.2) is 46.2 Å². The van der Waals surface area contributed by atoms with Crippen molar-refractivity contribution in [3.63, 3.8) is 0 Å². The number of ether oxygens (including phenoxy) is 2. The number of aromatic nitrogens is 2. The zero-order chi connectivity index (χ0) is 22.9. The third-order valence-corrected chi connectivity index (χ3v) is 9.20. The van der Waals surface area contributed by atoms with Crippen molar-refractivity contribution in [2.75, 3.05) is 19.8 Å². The van der Waals surface area contributed by atoms with Gasteiger partial charge in [-0.15, -0.1) is 11.3 Å². The lowest BCUT2D eigenvalue weighted by atomic mass is 9.79. The third-order valence-electron chi connectivity index (χ3n) is 7.86. The Bertz CT molecular complexity index is 940. The van der Waals surface area contributed by atoms with Crippen LogP contribution in [0.1, 0.15) is 79.7 Å². The van der Waals surface area contributed by atoms with Gasteiger partial charge < -0.3 is 15.2 Å². The smallest absolute Gasteiger partial charge is 0.316 e. The Morgan fingerprint density at radius 1 is 1.21 bits per heavy atom. The van der Waals surface area contributed by atoms with Crippen LogP contribution in [0.2, 0.25) is 0 Å². The van der Waals surface area contributed by atoms with Crippen molar-refractivity contribution < 1.29 is 9.47 Å². The number of piperidine rings is 1. The quantitative estimate of drug-likeness (QED) is 0.665. The highest BCUT2D eigenvalue weighted by molar-refractivity contribution is 7.12. The maximum Gasteiger partial charge on any atom is 0.316 e. The van der Waals surface area contributed by atoms with Gasteiger partial charge in [-0.3, -0.25) is 4.90 Å². The van der Waals surface area contributed by atoms with Crippen molar-refractivity contribution in [1.29, 1.82) is 0 Å². The van der Waals surface area contributed by atoms with E-state index in [9.17, 15) is 0 Å². The lowest BCUT2D eigenvalue weighted by molar-refractivity contribution is -0.112. The number of rotatable bonds is 6. The van der Waals surface area contributed by atoms with Gasteiger partial charge in [0.2, 0.25) is 0 Å². The molecule has 2 fully saturated rings. The lowest BCUT2D eigenvalue weighted by Crippen LogP contribution is -2.50. The molecule has 1 spiro atoms. The fraction of sp³-hybridized carbons (Fsp3) is 0.692. The van der Waals surface area contributed by atoms with E-state index >= 15 is 0 Å². The first-order valence-corrected chi connectivity index (χ1v) is 13.5. The van der Waals surface area contributed by atoms with Gasteiger partial charge in [0.05, 0.1) is 17.7 Å². The number of fused-ring (bicyclic) bond motifs is 2. The van der Waals surface area contributed by atoms with Crippen LogP contribution < -0.4 is 10.5 Å². The molecule has 0 unspecified atom stereocenters. The van der Waals surface area contributed by atoms with Crippen LogP contribution in [0.15, 0.2) is 18.5 Å². The van der Waals surface area contributed by atoms with Crippen LogP contribution in [0.25, 0.3) is 0 Å². The van der Waals surface area contributed by atoms with E-state index in [-0.39, 0.29) is 11.1 Å². The van der Waals surface area contributed by atoms with Crippen LogP contribution >= 0.6 is 11.3 Å². The molecule has 0 radical (unpaired) electrons. The first kappa shape index (κ1) is 23.2. The molecule has 2 aromatic rings. The summed E-state index contributed by atoms with van der Waals surface area (Å²) in [6, 6.07) is 3.30. The SMILES string of the molecule is CCc1cc2c(s1)CCO[C@@]21CCN(Cc2cnc(OCC3(N)CCCCC3)nc2)[C@@H](C)C1. The van der Waals surface area contributed by atoms with E-state index in [4.69, 9.17) is 15.2 Å². The van der Waals surface area contributed by atoms with Crippen LogP contribution in [0.4, 0.5) is 0 Å². The van der Waals surface area contributed by atoms with Gasteiger partial charge in [-0.25, -0.2) is 9.97 Å². The predicted molar refractivity (Wildman–Crippen MR) is 132 cm³/mol. The van der Waals surface area contributed by atoms with Crippen molar-refractivity contribution in [2.45, 2.75) is 95.4 Å². The van der Waals surface area contributed by atoms with E-state index in [1.165, 1.54) is 29.7 Å². The average molecular weight is 471 g/mol. The highest BCUT2D eigenvalue weighted by Crippen LogP contribution is 2.46. The zero-order valence-electron chi connectivity index (χ0n) is 20.1. The molecule has 2 aliphatic heterocycles. The van der Waals surface area contributed by atoms with Crippen molar-refractivity contribution in [2.24, 2.45) is 5.73 Å². The Hall–Kier alpha value is -1.54. The summed E-state index contributed by atoms with van der Waals surface area (Å²) in [6.45, 7) is 7.80. The first-order chi connectivity index (χ1) is 16.0. The van der Waals surface area contributed by atoms with E-state index in [1.54, 1.807) is 4.88 Å². The minimum absolute atomic E-state index is 0.0983. The molecule has 0 bridgehead atoms. The van der Waals surface area contributed by atoms with Gasteiger partial charge in [0.25, 0.3) is 0 Å². The molecule has 2 aromatic heterocycles. The van der Waals surface area contributed by atoms with E-state index in [0.29, 0.717) is 18.7 Å². The van der Waals surface area contributed by atoms with Crippen molar-refractivity contribution in [3.05, 3.63) is 39.3 Å². The van der Waals surface area contributed by atoms with E-state index in [0.717, 1.165) is 63.8 Å². The summed E-state index contributed by atoms with van der Waals surface area (Å²) in [5.41, 5.74) is 8.76. The number of nitrogens with zero attached hydrogens (tertiary/aromatic N) is 3. The molecular weight excluding hydrogens is 432 g/mol. The molecule has 1 aliphatic carbocycles. The van der Waals surface area contributed by atoms with Gasteiger partial charge in [0.1, 0.15) is 6.61 Å². The average Bonchev–Trinajstić information content (AvgIpc) is 3.26. The first-order valence-electron chi connectivity index (χ1n) is 12.7. The van der Waals surface area contributed by atoms with Gasteiger partial charge in [-0.2, -0.15) is 0 Å². The maximum atomic E-state index is 6.49. The Kier molecular flexibility index (Phi) is 6.76. The Balaban J connectivity index is 1.18. The second kappa shape index (κ2) is 9.61. The van der Waals surface area contributed by atoms with Crippen molar-refractivity contribution in [3.8, 4) is 6.01 Å². The largest absolute Gasteiger partial charge is 0.462 e. The number of likely N-dealkylation sites (tertiary alicyclic amines) is 1. The standard InChI is InChI=1S/C26H38N4O2S/c1-3-21-13-22-23(33-21)7-12-32-26(22)10-11-30(19(2)14-26)17-20-15-28-24(29-16-20)31-18-25(27)8-5-4-6-9-25/h13,15-16,19H,3-12,14,17-18,27H2,1-2H3/t19-,26+/m0/s1. The van der Waals surface area contributed by atoms with E-state index in [1.807, 2.05) is 23.7 Å². The molecule has 180 valence electrons. The summed E-state index contributed by atoms with van der Waals surface area (Å²) < 4.78 is 12.3. The summed E-state index contributed by atoms with van der Waals surface area (Å²) in [4.78, 5) is 14.5. The van der Waals surface area contributed by atoms with Crippen LogP contribution in [-0.2, 0) is 29.7 Å². The van der Waals surface area contributed by atoms with Gasteiger partial charge >= 0.3 is 6.01 Å². The molecule has 33 heavy (non-hydrogen) atoms. The molecule has 1 saturated carbocycles. The molecule has 6 nitrogen and oxygen atoms in total. The molecule has 0 amide bonds. The highest BCUT2D eigenvalue weighted by atomic mass is 32.1. The van der Waals surface area contributed by atoms with Crippen LogP contribution in [0, 0.1) is 0 Å². The molecular formula is C26H38N4O2S. The molecule has 2 atom stereocenters. The van der Waals surface area contributed by atoms with Crippen LogP contribution in [0.3, 0.4) is 0 Å². The van der Waals surface area contributed by atoms with E-state index < -0.39 is 0 Å². The normalized spacial score (nSPS) is 27.4. The Morgan fingerprint density at radius 3 is 2.73 bits per heavy atom. The van der Waals surface area contributed by atoms with Gasteiger partial charge in [-0.05, 0) is 50.7 Å². The van der Waals surface area contributed by atoms with Gasteiger partial charge in [0.15, 0.2) is 0 Å². The number of hydrogen-bond acceptors (Lipinski definition) is 7. The minimum Gasteiger partial charge on any atom is -0.462 e. The molecule has 7 heteroatoms. The van der Waals surface area contributed by atoms with Crippen molar-refractivity contribution in [1.82, 2.24) is 14.9 Å². The van der Waals surface area contributed by atoms with Gasteiger partial charge in [-0.1, -0.05) is 26.2 Å². The molecule has 3 aliphatic rings. The molecule has 0 aromatic carbocycles. The van der Waals surface area contributed by atoms with E-state index in [2.05, 4.69) is 34.8 Å². The number of thiophene rings is 1. The molecule has 4 heterocycles. The summed E-state index contributed by atoms with van der Waals surface area (Å²) in [7, 11) is 0. The third kappa shape index (κ3) is 4.97. The fourth-order valence-electron chi connectivity index (χ4n) is 5.85. The second-order valence-corrected chi connectivity index (χ2v) is 11.6. The summed E-state index contributed by atoms with van der Waals surface area (Å²) in [5.74, 6) is 0. The Labute approximate surface area is 201 Å². The molecule has 2 N–H and O–H groups in total. The van der Waals surface area contributed by atoms with Crippen molar-refractivity contribution >= 4 is 11.3 Å². The Morgan fingerprint density at radius 2 is 2.00 bits per heavy atom. The monoisotopic (exact) mass is 470 g/mol. The summed E-state index contributed by atoms with van der Waals surface area (Å²) in [6.07, 6.45) is 13.8. The summed E-state index contributed by atoms with van der Waals surface area (Å²) >= 11 is 1.99. The molecule has 1 saturated heterocycles. The topological polar surface area (TPSA) is 73.5 Å². The summed E-state index contributed by atoms with van der Waals surface area (Å²) in [5, 5.41) is 0. The number of aryl methyl sites for hydroxylation is 1. The zero-order valence-corrected chi connectivity index (χ0v) is 21.0. The minimum atomic E-state index is -0.221. The highest BCUT2D eigenvalue weighted by Gasteiger charge is 2.44. The predicted octanol–water partition coefficient (Wildman–Crippen LogP) is 4.59. The lowest BCUT2D eigenvalue weighted by Gasteiger charge is -2.47. The molecule has 5 rings (SSSR count). The second-order valence-electron chi connectivity index (χ2n) is 10.4. The maximum absolute atomic E-state index is 6.49.